The van der Waals surface area contributed by atoms with Crippen LogP contribution in [0.3, 0.4) is 0 Å². The highest BCUT2D eigenvalue weighted by Gasteiger charge is 2.17. The lowest BCUT2D eigenvalue weighted by atomic mass is 9.97. The van der Waals surface area contributed by atoms with Crippen molar-refractivity contribution in [2.24, 2.45) is 5.92 Å². The van der Waals surface area contributed by atoms with Crippen molar-refractivity contribution in [3.05, 3.63) is 241 Å². The molecule has 2 heteroatoms. The van der Waals surface area contributed by atoms with Crippen LogP contribution in [0.5, 0.6) is 0 Å². The smallest absolute Gasteiger partial charge is 0.0462 e. The fourth-order valence-electron chi connectivity index (χ4n) is 6.88. The molecule has 0 radical (unpaired) electrons. The van der Waals surface area contributed by atoms with Gasteiger partial charge in [0.05, 0.1) is 0 Å². The zero-order valence-corrected chi connectivity index (χ0v) is 30.2. The first kappa shape index (κ1) is 34.2. The molecular weight excluding hydrogens is 653 g/mol. The molecule has 7 aromatic carbocycles. The van der Waals surface area contributed by atoms with E-state index in [4.69, 9.17) is 0 Å². The van der Waals surface area contributed by atoms with Gasteiger partial charge in [-0.1, -0.05) is 170 Å². The molecule has 8 rings (SSSR count). The molecule has 54 heavy (non-hydrogen) atoms. The molecule has 0 aromatic heterocycles. The third-order valence-corrected chi connectivity index (χ3v) is 9.74. The van der Waals surface area contributed by atoms with Gasteiger partial charge in [-0.15, -0.1) is 0 Å². The first-order chi connectivity index (χ1) is 26.8. The van der Waals surface area contributed by atoms with Gasteiger partial charge < -0.3 is 9.80 Å². The Labute approximate surface area is 319 Å². The van der Waals surface area contributed by atoms with E-state index in [2.05, 4.69) is 240 Å². The van der Waals surface area contributed by atoms with Crippen molar-refractivity contribution in [3.8, 4) is 11.1 Å². The zero-order valence-electron chi connectivity index (χ0n) is 30.2. The van der Waals surface area contributed by atoms with E-state index in [0.717, 1.165) is 40.4 Å². The molecule has 7 aromatic rings. The minimum atomic E-state index is 0.371. The van der Waals surface area contributed by atoms with Gasteiger partial charge >= 0.3 is 0 Å². The Balaban J connectivity index is 1.01. The predicted molar refractivity (Wildman–Crippen MR) is 231 cm³/mol. The van der Waals surface area contributed by atoms with E-state index < -0.39 is 0 Å². The van der Waals surface area contributed by atoms with Crippen molar-refractivity contribution in [2.45, 2.75) is 6.42 Å². The molecule has 0 saturated carbocycles. The summed E-state index contributed by atoms with van der Waals surface area (Å²) in [6.45, 7) is 0. The van der Waals surface area contributed by atoms with Gasteiger partial charge in [0.2, 0.25) is 0 Å². The average Bonchev–Trinajstić information content (AvgIpc) is 3.25. The molecule has 2 nitrogen and oxygen atoms in total. The first-order valence-corrected chi connectivity index (χ1v) is 18.6. The van der Waals surface area contributed by atoms with Crippen LogP contribution in [0.15, 0.2) is 224 Å². The second-order valence-corrected chi connectivity index (χ2v) is 13.4. The number of hydrogen-bond acceptors (Lipinski definition) is 2. The van der Waals surface area contributed by atoms with E-state index >= 15 is 0 Å². The van der Waals surface area contributed by atoms with E-state index in [1.807, 2.05) is 6.07 Å². The summed E-state index contributed by atoms with van der Waals surface area (Å²) in [5.41, 5.74) is 12.7. The Bertz CT molecular complexity index is 2360. The van der Waals surface area contributed by atoms with E-state index in [9.17, 15) is 0 Å². The Morgan fingerprint density at radius 3 is 1.24 bits per heavy atom. The fraction of sp³-hybridized carbons (Fsp3) is 0.0385. The van der Waals surface area contributed by atoms with E-state index in [0.29, 0.717) is 5.92 Å². The lowest BCUT2D eigenvalue weighted by Crippen LogP contribution is -2.17. The molecular formula is C52H42N2. The van der Waals surface area contributed by atoms with Gasteiger partial charge in [-0.05, 0) is 107 Å². The molecule has 0 saturated heterocycles. The lowest BCUT2D eigenvalue weighted by Gasteiger charge is -2.28. The summed E-state index contributed by atoms with van der Waals surface area (Å²) in [5.74, 6) is 0.371. The Hall–Kier alpha value is -6.90. The van der Waals surface area contributed by atoms with Crippen LogP contribution in [-0.2, 0) is 0 Å². The minimum Gasteiger partial charge on any atom is -0.311 e. The van der Waals surface area contributed by atoms with Crippen LogP contribution >= 0.6 is 0 Å². The first-order valence-electron chi connectivity index (χ1n) is 18.6. The maximum atomic E-state index is 2.35. The monoisotopic (exact) mass is 694 g/mol. The number of para-hydroxylation sites is 2. The number of hydrogen-bond donors (Lipinski definition) is 0. The van der Waals surface area contributed by atoms with Crippen molar-refractivity contribution >= 4 is 46.7 Å². The molecule has 0 spiro atoms. The Morgan fingerprint density at radius 1 is 0.370 bits per heavy atom. The number of rotatable bonds is 11. The lowest BCUT2D eigenvalue weighted by molar-refractivity contribution is 0.813. The summed E-state index contributed by atoms with van der Waals surface area (Å²) in [5, 5.41) is 0. The minimum absolute atomic E-state index is 0.371. The van der Waals surface area contributed by atoms with Crippen molar-refractivity contribution < 1.29 is 0 Å². The molecule has 1 aliphatic rings. The molecule has 0 bridgehead atoms. The molecule has 0 amide bonds. The molecule has 0 fully saturated rings. The molecule has 0 N–H and O–H groups in total. The number of benzene rings is 7. The maximum absolute atomic E-state index is 2.35. The molecule has 1 unspecified atom stereocenters. The zero-order chi connectivity index (χ0) is 36.4. The van der Waals surface area contributed by atoms with Crippen LogP contribution in [0.25, 0.3) is 29.4 Å². The van der Waals surface area contributed by atoms with E-state index in [1.165, 1.54) is 28.0 Å². The summed E-state index contributed by atoms with van der Waals surface area (Å²) in [6, 6.07) is 68.7. The maximum Gasteiger partial charge on any atom is 0.0462 e. The average molecular weight is 695 g/mol. The summed E-state index contributed by atoms with van der Waals surface area (Å²) >= 11 is 0. The fourth-order valence-corrected chi connectivity index (χ4v) is 6.88. The van der Waals surface area contributed by atoms with Crippen LogP contribution in [0.4, 0.5) is 28.4 Å². The Kier molecular flexibility index (Phi) is 10.5. The van der Waals surface area contributed by atoms with Gasteiger partial charge in [-0.25, -0.2) is 0 Å². The molecule has 1 aliphatic carbocycles. The topological polar surface area (TPSA) is 6.48 Å². The highest BCUT2D eigenvalue weighted by molar-refractivity contribution is 5.80. The molecule has 260 valence electrons. The normalized spacial score (nSPS) is 13.9. The summed E-state index contributed by atoms with van der Waals surface area (Å²) in [7, 11) is 0. The highest BCUT2D eigenvalue weighted by atomic mass is 15.1. The standard InChI is InChI=1S/C52H42N2/c1-5-13-41(14-6-1)21-23-43-25-33-49(34-26-43)53(47-17-9-3-10-18-47)51-37-29-45(30-38-51)46-31-39-52(40-32-46)54(48-19-11-4-12-20-48)50-35-27-44(28-36-50)24-22-42-15-7-2-8-16-42/h1-27,29-40,44H,28H2/b23-21+,24-22+. The van der Waals surface area contributed by atoms with Gasteiger partial charge in [-0.3, -0.25) is 0 Å². The predicted octanol–water partition coefficient (Wildman–Crippen LogP) is 14.3. The van der Waals surface area contributed by atoms with Gasteiger partial charge in [0.25, 0.3) is 0 Å². The van der Waals surface area contributed by atoms with Crippen molar-refractivity contribution in [1.29, 1.82) is 0 Å². The molecule has 1 atom stereocenters. The third kappa shape index (κ3) is 8.25. The number of allylic oxidation sites excluding steroid dienone is 4. The van der Waals surface area contributed by atoms with Crippen LogP contribution in [0.1, 0.15) is 23.1 Å². The number of anilines is 5. The van der Waals surface area contributed by atoms with E-state index in [1.54, 1.807) is 0 Å². The van der Waals surface area contributed by atoms with Crippen molar-refractivity contribution in [2.75, 3.05) is 9.80 Å². The van der Waals surface area contributed by atoms with E-state index in [-0.39, 0.29) is 0 Å². The third-order valence-electron chi connectivity index (χ3n) is 9.74. The van der Waals surface area contributed by atoms with Gasteiger partial charge in [0, 0.05) is 34.1 Å². The number of nitrogens with zero attached hydrogens (tertiary/aromatic N) is 2. The summed E-state index contributed by atoms with van der Waals surface area (Å²) in [4.78, 5) is 4.66. The van der Waals surface area contributed by atoms with Crippen molar-refractivity contribution in [1.82, 2.24) is 0 Å². The highest BCUT2D eigenvalue weighted by Crippen LogP contribution is 2.37. The van der Waals surface area contributed by atoms with Crippen LogP contribution in [0.2, 0.25) is 0 Å². The van der Waals surface area contributed by atoms with Crippen molar-refractivity contribution in [3.63, 3.8) is 0 Å². The van der Waals surface area contributed by atoms with Gasteiger partial charge in [-0.2, -0.15) is 0 Å². The van der Waals surface area contributed by atoms with Gasteiger partial charge in [0.1, 0.15) is 0 Å². The summed E-state index contributed by atoms with van der Waals surface area (Å²) < 4.78 is 0. The van der Waals surface area contributed by atoms with Crippen LogP contribution in [-0.4, -0.2) is 0 Å². The Morgan fingerprint density at radius 2 is 0.759 bits per heavy atom. The second kappa shape index (κ2) is 16.6. The summed E-state index contributed by atoms with van der Waals surface area (Å²) in [6.07, 6.45) is 16.7. The quantitative estimate of drug-likeness (QED) is 0.124. The SMILES string of the molecule is C1=CC(/C=C/c2ccccc2)CC=C1N(c1ccccc1)c1ccc(-c2ccc(N(c3ccccc3)c3ccc(/C=C/c4ccccc4)cc3)cc2)cc1. The molecule has 0 aliphatic heterocycles. The van der Waals surface area contributed by atoms with Gasteiger partial charge in [0.15, 0.2) is 0 Å². The second-order valence-electron chi connectivity index (χ2n) is 13.4. The molecule has 0 heterocycles. The van der Waals surface area contributed by atoms with Crippen LogP contribution < -0.4 is 9.80 Å². The largest absolute Gasteiger partial charge is 0.311 e. The van der Waals surface area contributed by atoms with Crippen LogP contribution in [0, 0.1) is 5.92 Å².